The first-order valence-electron chi connectivity index (χ1n) is 8.07. The number of hydrazone groups is 1. The lowest BCUT2D eigenvalue weighted by Gasteiger charge is -2.13. The van der Waals surface area contributed by atoms with Gasteiger partial charge in [0.1, 0.15) is 5.75 Å². The number of phenols is 2. The summed E-state index contributed by atoms with van der Waals surface area (Å²) in [5.41, 5.74) is 5.66. The van der Waals surface area contributed by atoms with E-state index in [0.29, 0.717) is 12.2 Å². The highest BCUT2D eigenvalue weighted by Gasteiger charge is 2.25. The van der Waals surface area contributed by atoms with Crippen molar-refractivity contribution in [2.45, 2.75) is 12.5 Å². The van der Waals surface area contributed by atoms with E-state index in [-0.39, 0.29) is 17.5 Å². The molecular weight excluding hydrogens is 316 g/mol. The normalized spacial score (nSPS) is 16.5. The Morgan fingerprint density at radius 1 is 1.04 bits per heavy atom. The minimum Gasteiger partial charge on any atom is -0.507 e. The molecule has 1 unspecified atom stereocenters. The van der Waals surface area contributed by atoms with Crippen molar-refractivity contribution in [1.82, 2.24) is 5.43 Å². The van der Waals surface area contributed by atoms with Crippen molar-refractivity contribution in [1.29, 1.82) is 0 Å². The monoisotopic (exact) mass is 334 g/mol. The van der Waals surface area contributed by atoms with E-state index in [4.69, 9.17) is 4.74 Å². The molecule has 0 saturated carbocycles. The van der Waals surface area contributed by atoms with Crippen LogP contribution in [-0.4, -0.2) is 23.0 Å². The van der Waals surface area contributed by atoms with E-state index in [0.717, 1.165) is 27.6 Å². The number of nitrogens with zero attached hydrogens (tertiary/aromatic N) is 1. The molecule has 3 N–H and O–H groups in total. The SMILES string of the molecule is COc1cc(C2CC(c3c(O)ccc4ccccc34)=NN2)ccc1O. The number of rotatable bonds is 3. The number of phenolic OH excluding ortho intramolecular Hbond substituents is 2. The maximum atomic E-state index is 10.4. The highest BCUT2D eigenvalue weighted by Crippen LogP contribution is 2.35. The third-order valence-electron chi connectivity index (χ3n) is 4.55. The summed E-state index contributed by atoms with van der Waals surface area (Å²) in [5.74, 6) is 0.765. The molecule has 1 aliphatic heterocycles. The standard InChI is InChI=1S/C20H18N2O3/c1-25-19-10-13(7-8-17(19)23)15-11-16(22-21-15)20-14-5-3-2-4-12(14)6-9-18(20)24/h2-10,15,21,23-24H,11H2,1H3. The second-order valence-corrected chi connectivity index (χ2v) is 6.06. The molecule has 0 bridgehead atoms. The Morgan fingerprint density at radius 3 is 2.68 bits per heavy atom. The van der Waals surface area contributed by atoms with Crippen molar-refractivity contribution in [3.63, 3.8) is 0 Å². The van der Waals surface area contributed by atoms with Crippen LogP contribution in [0.5, 0.6) is 17.2 Å². The van der Waals surface area contributed by atoms with Crippen LogP contribution in [0.25, 0.3) is 10.8 Å². The Hall–Kier alpha value is -3.21. The molecule has 5 nitrogen and oxygen atoms in total. The van der Waals surface area contributed by atoms with Gasteiger partial charge in [0.05, 0.1) is 18.9 Å². The third-order valence-corrected chi connectivity index (χ3v) is 4.55. The van der Waals surface area contributed by atoms with E-state index in [1.807, 2.05) is 36.4 Å². The van der Waals surface area contributed by atoms with Crippen LogP contribution in [-0.2, 0) is 0 Å². The Labute approximate surface area is 145 Å². The summed E-state index contributed by atoms with van der Waals surface area (Å²) in [6, 6.07) is 16.8. The van der Waals surface area contributed by atoms with Crippen molar-refractivity contribution in [2.24, 2.45) is 5.10 Å². The van der Waals surface area contributed by atoms with Crippen LogP contribution in [0.2, 0.25) is 0 Å². The van der Waals surface area contributed by atoms with Gasteiger partial charge in [0.15, 0.2) is 11.5 Å². The lowest BCUT2D eigenvalue weighted by Crippen LogP contribution is -2.10. The highest BCUT2D eigenvalue weighted by atomic mass is 16.5. The van der Waals surface area contributed by atoms with E-state index in [9.17, 15) is 10.2 Å². The molecule has 5 heteroatoms. The van der Waals surface area contributed by atoms with Crippen LogP contribution in [0.3, 0.4) is 0 Å². The van der Waals surface area contributed by atoms with E-state index in [1.54, 1.807) is 18.2 Å². The Bertz CT molecular complexity index is 982. The van der Waals surface area contributed by atoms with Gasteiger partial charge in [-0.25, -0.2) is 0 Å². The largest absolute Gasteiger partial charge is 0.507 e. The van der Waals surface area contributed by atoms with Gasteiger partial charge in [-0.3, -0.25) is 0 Å². The summed E-state index contributed by atoms with van der Waals surface area (Å²) in [6.07, 6.45) is 0.634. The first-order chi connectivity index (χ1) is 12.2. The number of benzene rings is 3. The fourth-order valence-corrected chi connectivity index (χ4v) is 3.27. The first kappa shape index (κ1) is 15.3. The van der Waals surface area contributed by atoms with E-state index in [2.05, 4.69) is 10.5 Å². The van der Waals surface area contributed by atoms with Gasteiger partial charge in [-0.15, -0.1) is 0 Å². The van der Waals surface area contributed by atoms with Crippen molar-refractivity contribution < 1.29 is 14.9 Å². The molecule has 1 atom stereocenters. The summed E-state index contributed by atoms with van der Waals surface area (Å²) < 4.78 is 5.18. The summed E-state index contributed by atoms with van der Waals surface area (Å²) in [4.78, 5) is 0. The van der Waals surface area contributed by atoms with Gasteiger partial charge in [-0.1, -0.05) is 36.4 Å². The number of hydrogen-bond acceptors (Lipinski definition) is 5. The van der Waals surface area contributed by atoms with Crippen molar-refractivity contribution in [3.8, 4) is 17.2 Å². The predicted octanol–water partition coefficient (Wildman–Crippen LogP) is 3.70. The van der Waals surface area contributed by atoms with E-state index in [1.165, 1.54) is 7.11 Å². The maximum absolute atomic E-state index is 10.4. The van der Waals surface area contributed by atoms with Gasteiger partial charge in [0, 0.05) is 12.0 Å². The maximum Gasteiger partial charge on any atom is 0.160 e. The zero-order chi connectivity index (χ0) is 17.4. The molecule has 3 aromatic rings. The zero-order valence-corrected chi connectivity index (χ0v) is 13.7. The molecule has 126 valence electrons. The summed E-state index contributed by atoms with van der Waals surface area (Å²) in [6.45, 7) is 0. The molecular formula is C20H18N2O3. The number of nitrogens with one attached hydrogen (secondary N) is 1. The molecule has 1 heterocycles. The summed E-state index contributed by atoms with van der Waals surface area (Å²) in [5, 5.41) is 26.6. The van der Waals surface area contributed by atoms with Gasteiger partial charge >= 0.3 is 0 Å². The van der Waals surface area contributed by atoms with Gasteiger partial charge in [0.2, 0.25) is 0 Å². The third kappa shape index (κ3) is 2.63. The van der Waals surface area contributed by atoms with Crippen molar-refractivity contribution in [3.05, 3.63) is 65.7 Å². The second kappa shape index (κ2) is 6.02. The summed E-state index contributed by atoms with van der Waals surface area (Å²) in [7, 11) is 1.52. The molecule has 0 spiro atoms. The van der Waals surface area contributed by atoms with Crippen molar-refractivity contribution in [2.75, 3.05) is 7.11 Å². The van der Waals surface area contributed by atoms with Crippen LogP contribution < -0.4 is 10.2 Å². The fraction of sp³-hybridized carbons (Fsp3) is 0.150. The average Bonchev–Trinajstić information content (AvgIpc) is 3.11. The second-order valence-electron chi connectivity index (χ2n) is 6.06. The molecule has 3 aromatic carbocycles. The van der Waals surface area contributed by atoms with Gasteiger partial charge in [-0.2, -0.15) is 5.10 Å². The molecule has 25 heavy (non-hydrogen) atoms. The Balaban J connectivity index is 1.68. The topological polar surface area (TPSA) is 74.1 Å². The molecule has 0 aromatic heterocycles. The number of hydrogen-bond donors (Lipinski definition) is 3. The quantitative estimate of drug-likeness (QED) is 0.683. The van der Waals surface area contributed by atoms with Crippen LogP contribution in [0.15, 0.2) is 59.7 Å². The minimum atomic E-state index is -0.0390. The number of aromatic hydroxyl groups is 2. The lowest BCUT2D eigenvalue weighted by atomic mass is 9.94. The van der Waals surface area contributed by atoms with Gasteiger partial charge in [0.25, 0.3) is 0 Å². The first-order valence-corrected chi connectivity index (χ1v) is 8.07. The average molecular weight is 334 g/mol. The predicted molar refractivity (Wildman–Crippen MR) is 97.3 cm³/mol. The van der Waals surface area contributed by atoms with Gasteiger partial charge in [-0.05, 0) is 34.5 Å². The molecule has 4 rings (SSSR count). The van der Waals surface area contributed by atoms with Gasteiger partial charge < -0.3 is 20.4 Å². The summed E-state index contributed by atoms with van der Waals surface area (Å²) >= 11 is 0. The zero-order valence-electron chi connectivity index (χ0n) is 13.7. The number of methoxy groups -OCH3 is 1. The van der Waals surface area contributed by atoms with Crippen LogP contribution in [0.4, 0.5) is 0 Å². The number of ether oxygens (including phenoxy) is 1. The van der Waals surface area contributed by atoms with Crippen LogP contribution in [0, 0.1) is 0 Å². The van der Waals surface area contributed by atoms with Crippen molar-refractivity contribution >= 4 is 16.5 Å². The molecule has 0 fully saturated rings. The Morgan fingerprint density at radius 2 is 1.84 bits per heavy atom. The number of fused-ring (bicyclic) bond motifs is 1. The van der Waals surface area contributed by atoms with E-state index >= 15 is 0 Å². The molecule has 0 amide bonds. The highest BCUT2D eigenvalue weighted by molar-refractivity contribution is 6.13. The molecule has 0 saturated heterocycles. The van der Waals surface area contributed by atoms with E-state index < -0.39 is 0 Å². The minimum absolute atomic E-state index is 0.0390. The molecule has 0 radical (unpaired) electrons. The smallest absolute Gasteiger partial charge is 0.160 e. The fourth-order valence-electron chi connectivity index (χ4n) is 3.27. The Kier molecular flexibility index (Phi) is 3.69. The van der Waals surface area contributed by atoms with Crippen LogP contribution >= 0.6 is 0 Å². The van der Waals surface area contributed by atoms with Crippen LogP contribution in [0.1, 0.15) is 23.6 Å². The molecule has 0 aliphatic carbocycles. The molecule has 1 aliphatic rings. The lowest BCUT2D eigenvalue weighted by molar-refractivity contribution is 0.372.